The van der Waals surface area contributed by atoms with Crippen molar-refractivity contribution in [1.82, 2.24) is 15.0 Å². The molecule has 0 amide bonds. The predicted molar refractivity (Wildman–Crippen MR) is 150 cm³/mol. The summed E-state index contributed by atoms with van der Waals surface area (Å²) >= 11 is 0. The van der Waals surface area contributed by atoms with Gasteiger partial charge in [-0.15, -0.1) is 0 Å². The van der Waals surface area contributed by atoms with Crippen molar-refractivity contribution >= 4 is 0 Å². The van der Waals surface area contributed by atoms with Gasteiger partial charge in [0.25, 0.3) is 0 Å². The van der Waals surface area contributed by atoms with E-state index < -0.39 is 0 Å². The van der Waals surface area contributed by atoms with E-state index in [1.165, 1.54) is 33.4 Å². The molecule has 0 saturated heterocycles. The number of nitrogens with zero attached hydrogens (tertiary/aromatic N) is 3. The maximum Gasteiger partial charge on any atom is 0.164 e. The van der Waals surface area contributed by atoms with E-state index in [9.17, 15) is 0 Å². The maximum absolute atomic E-state index is 4.98. The first-order chi connectivity index (χ1) is 18.3. The van der Waals surface area contributed by atoms with Gasteiger partial charge in [-0.05, 0) is 45.9 Å². The molecule has 6 aromatic rings. The Bertz CT molecular complexity index is 1670. The molecule has 0 unspecified atom stereocenters. The highest BCUT2D eigenvalue weighted by Crippen LogP contribution is 2.42. The minimum Gasteiger partial charge on any atom is -0.208 e. The summed E-state index contributed by atoms with van der Waals surface area (Å²) in [6, 6.07) is 44.1. The van der Waals surface area contributed by atoms with E-state index in [0.29, 0.717) is 17.5 Å². The minimum absolute atomic E-state index is 0.684. The van der Waals surface area contributed by atoms with Crippen molar-refractivity contribution in [1.29, 1.82) is 0 Å². The van der Waals surface area contributed by atoms with Crippen LogP contribution in [0.5, 0.6) is 0 Å². The van der Waals surface area contributed by atoms with Gasteiger partial charge in [-0.1, -0.05) is 121 Å². The van der Waals surface area contributed by atoms with Crippen molar-refractivity contribution in [3.8, 4) is 56.4 Å². The number of benzene rings is 5. The van der Waals surface area contributed by atoms with Crippen LogP contribution in [0.3, 0.4) is 0 Å². The Balaban J connectivity index is 1.38. The Morgan fingerprint density at radius 3 is 1.54 bits per heavy atom. The van der Waals surface area contributed by atoms with Crippen molar-refractivity contribution in [3.63, 3.8) is 0 Å². The van der Waals surface area contributed by atoms with Crippen molar-refractivity contribution in [2.45, 2.75) is 6.42 Å². The maximum atomic E-state index is 4.98. The number of rotatable bonds is 4. The lowest BCUT2D eigenvalue weighted by molar-refractivity contribution is 1.07. The smallest absolute Gasteiger partial charge is 0.164 e. The molecule has 1 aliphatic carbocycles. The fraction of sp³-hybridized carbons (Fsp3) is 0.0294. The monoisotopic (exact) mass is 473 g/mol. The molecule has 0 radical (unpaired) electrons. The third-order valence-corrected chi connectivity index (χ3v) is 6.99. The molecule has 5 aromatic carbocycles. The molecule has 7 rings (SSSR count). The summed E-state index contributed by atoms with van der Waals surface area (Å²) in [6.07, 6.45) is 0.864. The first kappa shape index (κ1) is 21.4. The van der Waals surface area contributed by atoms with Gasteiger partial charge in [0.2, 0.25) is 0 Å². The lowest BCUT2D eigenvalue weighted by Crippen LogP contribution is -2.01. The van der Waals surface area contributed by atoms with Gasteiger partial charge in [0.1, 0.15) is 0 Å². The summed E-state index contributed by atoms with van der Waals surface area (Å²) in [7, 11) is 0. The van der Waals surface area contributed by atoms with Crippen LogP contribution in [0.25, 0.3) is 56.4 Å². The van der Waals surface area contributed by atoms with Crippen molar-refractivity contribution in [2.24, 2.45) is 0 Å². The molecule has 0 fully saturated rings. The Kier molecular flexibility index (Phi) is 5.18. The molecule has 0 aliphatic heterocycles. The van der Waals surface area contributed by atoms with Crippen LogP contribution in [0.1, 0.15) is 11.1 Å². The first-order valence-corrected chi connectivity index (χ1v) is 12.5. The van der Waals surface area contributed by atoms with E-state index in [1.807, 2.05) is 60.7 Å². The zero-order valence-corrected chi connectivity index (χ0v) is 20.2. The van der Waals surface area contributed by atoms with Gasteiger partial charge in [0, 0.05) is 16.7 Å². The van der Waals surface area contributed by atoms with Gasteiger partial charge in [0.05, 0.1) is 0 Å². The van der Waals surface area contributed by atoms with E-state index >= 15 is 0 Å². The van der Waals surface area contributed by atoms with E-state index in [0.717, 1.165) is 23.1 Å². The molecular formula is C34H23N3. The average Bonchev–Trinajstić information content (AvgIpc) is 3.36. The van der Waals surface area contributed by atoms with Crippen molar-refractivity contribution in [3.05, 3.63) is 139 Å². The number of aromatic nitrogens is 3. The van der Waals surface area contributed by atoms with Crippen LogP contribution in [0.15, 0.2) is 127 Å². The predicted octanol–water partition coefficient (Wildman–Crippen LogP) is 8.11. The summed E-state index contributed by atoms with van der Waals surface area (Å²) in [5.41, 5.74) is 10.6. The molecule has 0 spiro atoms. The Morgan fingerprint density at radius 1 is 0.378 bits per heavy atom. The zero-order chi connectivity index (χ0) is 24.6. The molecule has 0 saturated carbocycles. The zero-order valence-electron chi connectivity index (χ0n) is 20.2. The highest BCUT2D eigenvalue weighted by atomic mass is 15.0. The SMILES string of the molecule is c1ccc(-c2ccc3c(c2)-c2cccc(-c4nc(-c5ccccc5)nc(-c5ccccc5)n4)c2C3)cc1. The Hall–Kier alpha value is -4.89. The summed E-state index contributed by atoms with van der Waals surface area (Å²) in [4.78, 5) is 14.8. The van der Waals surface area contributed by atoms with Crippen LogP contribution in [-0.2, 0) is 6.42 Å². The van der Waals surface area contributed by atoms with Gasteiger partial charge in [-0.3, -0.25) is 0 Å². The average molecular weight is 474 g/mol. The van der Waals surface area contributed by atoms with Crippen molar-refractivity contribution in [2.75, 3.05) is 0 Å². The number of fused-ring (bicyclic) bond motifs is 3. The van der Waals surface area contributed by atoms with E-state index in [4.69, 9.17) is 15.0 Å². The molecule has 1 aliphatic rings. The fourth-order valence-electron chi connectivity index (χ4n) is 5.15. The summed E-state index contributed by atoms with van der Waals surface area (Å²) in [6.45, 7) is 0. The minimum atomic E-state index is 0.684. The largest absolute Gasteiger partial charge is 0.208 e. The molecule has 0 N–H and O–H groups in total. The van der Waals surface area contributed by atoms with Gasteiger partial charge in [-0.25, -0.2) is 15.0 Å². The lowest BCUT2D eigenvalue weighted by atomic mass is 9.98. The van der Waals surface area contributed by atoms with Gasteiger partial charge >= 0.3 is 0 Å². The van der Waals surface area contributed by atoms with Gasteiger partial charge in [-0.2, -0.15) is 0 Å². The highest BCUT2D eigenvalue weighted by molar-refractivity contribution is 5.86. The molecule has 0 bridgehead atoms. The Morgan fingerprint density at radius 2 is 0.919 bits per heavy atom. The number of hydrogen-bond acceptors (Lipinski definition) is 3. The molecular weight excluding hydrogens is 450 g/mol. The van der Waals surface area contributed by atoms with Crippen molar-refractivity contribution < 1.29 is 0 Å². The van der Waals surface area contributed by atoms with Crippen LogP contribution < -0.4 is 0 Å². The standard InChI is InChI=1S/C34H23N3/c1-4-11-23(12-5-1)26-19-20-27-22-31-28(30(27)21-26)17-10-18-29(31)34-36-32(24-13-6-2-7-14-24)35-33(37-34)25-15-8-3-9-16-25/h1-21H,22H2. The van der Waals surface area contributed by atoms with Crippen LogP contribution >= 0.6 is 0 Å². The third-order valence-electron chi connectivity index (χ3n) is 6.99. The summed E-state index contributed by atoms with van der Waals surface area (Å²) < 4.78 is 0. The lowest BCUT2D eigenvalue weighted by Gasteiger charge is -2.11. The number of hydrogen-bond donors (Lipinski definition) is 0. The molecule has 3 heteroatoms. The topological polar surface area (TPSA) is 38.7 Å². The molecule has 1 heterocycles. The Labute approximate surface area is 216 Å². The van der Waals surface area contributed by atoms with Crippen LogP contribution in [0, 0.1) is 0 Å². The van der Waals surface area contributed by atoms with Crippen LogP contribution in [0.4, 0.5) is 0 Å². The second kappa shape index (κ2) is 8.96. The fourth-order valence-corrected chi connectivity index (χ4v) is 5.15. The molecule has 0 atom stereocenters. The second-order valence-corrected chi connectivity index (χ2v) is 9.28. The summed E-state index contributed by atoms with van der Waals surface area (Å²) in [5.74, 6) is 2.08. The molecule has 3 nitrogen and oxygen atoms in total. The third kappa shape index (κ3) is 3.91. The quantitative estimate of drug-likeness (QED) is 0.259. The summed E-state index contributed by atoms with van der Waals surface area (Å²) in [5, 5.41) is 0. The van der Waals surface area contributed by atoms with Crippen LogP contribution in [0.2, 0.25) is 0 Å². The van der Waals surface area contributed by atoms with Gasteiger partial charge in [0.15, 0.2) is 17.5 Å². The normalized spacial score (nSPS) is 11.7. The molecule has 37 heavy (non-hydrogen) atoms. The van der Waals surface area contributed by atoms with E-state index in [2.05, 4.69) is 66.7 Å². The molecule has 174 valence electrons. The second-order valence-electron chi connectivity index (χ2n) is 9.28. The van der Waals surface area contributed by atoms with Gasteiger partial charge < -0.3 is 0 Å². The first-order valence-electron chi connectivity index (χ1n) is 12.5. The molecule has 1 aromatic heterocycles. The highest BCUT2D eigenvalue weighted by Gasteiger charge is 2.24. The van der Waals surface area contributed by atoms with Crippen LogP contribution in [-0.4, -0.2) is 15.0 Å². The van der Waals surface area contributed by atoms with E-state index in [1.54, 1.807) is 0 Å². The van der Waals surface area contributed by atoms with E-state index in [-0.39, 0.29) is 0 Å².